The van der Waals surface area contributed by atoms with Gasteiger partial charge in [-0.2, -0.15) is 0 Å². The van der Waals surface area contributed by atoms with E-state index in [9.17, 15) is 10.1 Å². The fourth-order valence-corrected chi connectivity index (χ4v) is 2.38. The summed E-state index contributed by atoms with van der Waals surface area (Å²) in [6.07, 6.45) is 1.49. The molecule has 1 aromatic heterocycles. The molecule has 0 radical (unpaired) electrons. The lowest BCUT2D eigenvalue weighted by molar-refractivity contribution is -0.384. The molecule has 0 aliphatic heterocycles. The first-order valence-corrected chi connectivity index (χ1v) is 6.35. The summed E-state index contributed by atoms with van der Waals surface area (Å²) in [5.41, 5.74) is 1.04. The second-order valence-electron chi connectivity index (χ2n) is 3.76. The first-order valence-electron chi connectivity index (χ1n) is 5.53. The van der Waals surface area contributed by atoms with Crippen LogP contribution in [0.25, 0.3) is 0 Å². The van der Waals surface area contributed by atoms with Crippen molar-refractivity contribution in [1.29, 1.82) is 0 Å². The number of hydrogen-bond donors (Lipinski definition) is 1. The van der Waals surface area contributed by atoms with Gasteiger partial charge in [0.1, 0.15) is 17.2 Å². The van der Waals surface area contributed by atoms with E-state index in [0.717, 1.165) is 21.3 Å². The Morgan fingerprint density at radius 3 is 2.53 bits per heavy atom. The molecule has 2 aromatic rings. The molecule has 0 bridgehead atoms. The van der Waals surface area contributed by atoms with Crippen molar-refractivity contribution >= 4 is 23.3 Å². The molecular formula is C12H12N4O2S. The van der Waals surface area contributed by atoms with E-state index in [2.05, 4.69) is 15.3 Å². The second-order valence-corrected chi connectivity index (χ2v) is 4.82. The van der Waals surface area contributed by atoms with Crippen molar-refractivity contribution in [3.8, 4) is 0 Å². The average Bonchev–Trinajstić information content (AvgIpc) is 2.42. The number of nitrogens with zero attached hydrogens (tertiary/aromatic N) is 3. The third kappa shape index (κ3) is 3.00. The molecule has 0 saturated carbocycles. The standard InChI is InChI=1S/C12H12N4O2S/c1-8-11(13-2)14-7-15-12(8)19-10-5-3-9(4-6-10)16(17)18/h3-7H,1-2H3,(H,13,14,15). The molecule has 1 N–H and O–H groups in total. The molecule has 0 unspecified atom stereocenters. The van der Waals surface area contributed by atoms with Gasteiger partial charge in [0, 0.05) is 29.6 Å². The van der Waals surface area contributed by atoms with Crippen molar-refractivity contribution in [1.82, 2.24) is 9.97 Å². The van der Waals surface area contributed by atoms with E-state index in [0.29, 0.717) is 0 Å². The van der Waals surface area contributed by atoms with Crippen LogP contribution in [0.2, 0.25) is 0 Å². The minimum atomic E-state index is -0.413. The zero-order valence-electron chi connectivity index (χ0n) is 10.5. The minimum absolute atomic E-state index is 0.0830. The van der Waals surface area contributed by atoms with Crippen LogP contribution in [0, 0.1) is 17.0 Å². The quantitative estimate of drug-likeness (QED) is 0.525. The number of anilines is 1. The highest BCUT2D eigenvalue weighted by atomic mass is 32.2. The Hall–Kier alpha value is -2.15. The molecule has 0 saturated heterocycles. The number of nitro groups is 1. The van der Waals surface area contributed by atoms with Gasteiger partial charge in [-0.15, -0.1) is 0 Å². The van der Waals surface area contributed by atoms with Gasteiger partial charge in [0.05, 0.1) is 4.92 Å². The molecule has 1 heterocycles. The zero-order chi connectivity index (χ0) is 13.8. The van der Waals surface area contributed by atoms with Crippen molar-refractivity contribution in [3.63, 3.8) is 0 Å². The Kier molecular flexibility index (Phi) is 3.96. The normalized spacial score (nSPS) is 10.2. The van der Waals surface area contributed by atoms with Crippen LogP contribution in [0.15, 0.2) is 40.5 Å². The lowest BCUT2D eigenvalue weighted by Crippen LogP contribution is -1.98. The molecule has 7 heteroatoms. The first kappa shape index (κ1) is 13.3. The molecule has 2 rings (SSSR count). The number of rotatable bonds is 4. The predicted molar refractivity (Wildman–Crippen MR) is 73.5 cm³/mol. The first-order chi connectivity index (χ1) is 9.11. The van der Waals surface area contributed by atoms with Crippen LogP contribution >= 0.6 is 11.8 Å². The van der Waals surface area contributed by atoms with Crippen molar-refractivity contribution in [2.45, 2.75) is 16.8 Å². The monoisotopic (exact) mass is 276 g/mol. The van der Waals surface area contributed by atoms with E-state index < -0.39 is 4.92 Å². The molecule has 0 spiro atoms. The molecule has 98 valence electrons. The van der Waals surface area contributed by atoms with Crippen molar-refractivity contribution in [2.75, 3.05) is 12.4 Å². The summed E-state index contributed by atoms with van der Waals surface area (Å²) < 4.78 is 0. The lowest BCUT2D eigenvalue weighted by atomic mass is 10.3. The minimum Gasteiger partial charge on any atom is -0.373 e. The van der Waals surface area contributed by atoms with Gasteiger partial charge in [0.15, 0.2) is 0 Å². The van der Waals surface area contributed by atoms with Crippen LogP contribution in [0.4, 0.5) is 11.5 Å². The van der Waals surface area contributed by atoms with E-state index in [1.54, 1.807) is 19.2 Å². The number of nitrogens with one attached hydrogen (secondary N) is 1. The highest BCUT2D eigenvalue weighted by Gasteiger charge is 2.09. The summed E-state index contributed by atoms with van der Waals surface area (Å²) in [4.78, 5) is 19.4. The van der Waals surface area contributed by atoms with E-state index in [1.165, 1.54) is 30.2 Å². The molecule has 6 nitrogen and oxygen atoms in total. The average molecular weight is 276 g/mol. The lowest BCUT2D eigenvalue weighted by Gasteiger charge is -2.08. The Bertz CT molecular complexity index is 601. The molecule has 19 heavy (non-hydrogen) atoms. The molecule has 0 aliphatic carbocycles. The van der Waals surface area contributed by atoms with Crippen LogP contribution in [0.5, 0.6) is 0 Å². The van der Waals surface area contributed by atoms with Crippen LogP contribution in [-0.4, -0.2) is 21.9 Å². The van der Waals surface area contributed by atoms with Crippen LogP contribution < -0.4 is 5.32 Å². The van der Waals surface area contributed by atoms with Crippen molar-refractivity contribution in [2.24, 2.45) is 0 Å². The van der Waals surface area contributed by atoms with Crippen molar-refractivity contribution in [3.05, 3.63) is 46.3 Å². The van der Waals surface area contributed by atoms with Crippen LogP contribution in [-0.2, 0) is 0 Å². The SMILES string of the molecule is CNc1ncnc(Sc2ccc([N+](=O)[O-])cc2)c1C. The highest BCUT2D eigenvalue weighted by molar-refractivity contribution is 7.99. The fourth-order valence-electron chi connectivity index (χ4n) is 1.54. The topological polar surface area (TPSA) is 81.0 Å². The van der Waals surface area contributed by atoms with Gasteiger partial charge in [0.25, 0.3) is 5.69 Å². The van der Waals surface area contributed by atoms with Crippen molar-refractivity contribution < 1.29 is 4.92 Å². The Labute approximate surface area is 114 Å². The van der Waals surface area contributed by atoms with E-state index in [1.807, 2.05) is 6.92 Å². The molecule has 0 fully saturated rings. The summed E-state index contributed by atoms with van der Waals surface area (Å²) in [6, 6.07) is 6.39. The molecular weight excluding hydrogens is 264 g/mol. The Morgan fingerprint density at radius 2 is 1.95 bits per heavy atom. The Balaban J connectivity index is 2.24. The molecule has 1 aromatic carbocycles. The smallest absolute Gasteiger partial charge is 0.269 e. The highest BCUT2D eigenvalue weighted by Crippen LogP contribution is 2.31. The Morgan fingerprint density at radius 1 is 1.26 bits per heavy atom. The number of non-ortho nitro benzene ring substituents is 1. The fraction of sp³-hybridized carbons (Fsp3) is 0.167. The van der Waals surface area contributed by atoms with Gasteiger partial charge in [-0.05, 0) is 19.1 Å². The maximum atomic E-state index is 10.6. The van der Waals surface area contributed by atoms with Crippen LogP contribution in [0.3, 0.4) is 0 Å². The molecule has 0 amide bonds. The number of nitro benzene ring substituents is 1. The van der Waals surface area contributed by atoms with Gasteiger partial charge in [-0.1, -0.05) is 11.8 Å². The summed E-state index contributed by atoms with van der Waals surface area (Å²) in [5, 5.41) is 14.4. The van der Waals surface area contributed by atoms with E-state index >= 15 is 0 Å². The van der Waals surface area contributed by atoms with E-state index in [4.69, 9.17) is 0 Å². The van der Waals surface area contributed by atoms with Gasteiger partial charge < -0.3 is 5.32 Å². The molecule has 0 atom stereocenters. The van der Waals surface area contributed by atoms with Gasteiger partial charge in [0.2, 0.25) is 0 Å². The summed E-state index contributed by atoms with van der Waals surface area (Å²) in [5.74, 6) is 0.777. The predicted octanol–water partition coefficient (Wildman–Crippen LogP) is 2.89. The second kappa shape index (κ2) is 5.66. The van der Waals surface area contributed by atoms with Gasteiger partial charge >= 0.3 is 0 Å². The number of aromatic nitrogens is 2. The summed E-state index contributed by atoms with van der Waals surface area (Å²) in [6.45, 7) is 1.93. The summed E-state index contributed by atoms with van der Waals surface area (Å²) in [7, 11) is 1.80. The maximum Gasteiger partial charge on any atom is 0.269 e. The van der Waals surface area contributed by atoms with Crippen LogP contribution in [0.1, 0.15) is 5.56 Å². The zero-order valence-corrected chi connectivity index (χ0v) is 11.3. The van der Waals surface area contributed by atoms with Gasteiger partial charge in [-0.25, -0.2) is 9.97 Å². The number of benzene rings is 1. The third-order valence-electron chi connectivity index (χ3n) is 2.54. The third-order valence-corrected chi connectivity index (χ3v) is 3.65. The largest absolute Gasteiger partial charge is 0.373 e. The molecule has 0 aliphatic rings. The maximum absolute atomic E-state index is 10.6. The van der Waals surface area contributed by atoms with Gasteiger partial charge in [-0.3, -0.25) is 10.1 Å². The van der Waals surface area contributed by atoms with E-state index in [-0.39, 0.29) is 5.69 Å². The number of hydrogen-bond acceptors (Lipinski definition) is 6. The summed E-state index contributed by atoms with van der Waals surface area (Å²) >= 11 is 1.45.